The number of carbonyl (C=O) groups excluding carboxylic acids is 2. The molecule has 0 amide bonds. The van der Waals surface area contributed by atoms with E-state index in [1.165, 1.54) is 39.5 Å². The summed E-state index contributed by atoms with van der Waals surface area (Å²) in [5, 5.41) is -1.14. The molecule has 3 rings (SSSR count). The van der Waals surface area contributed by atoms with Gasteiger partial charge in [-0.05, 0) is 48.4 Å². The number of benzene rings is 2. The van der Waals surface area contributed by atoms with Gasteiger partial charge in [0, 0.05) is 29.5 Å². The molecule has 32 heavy (non-hydrogen) atoms. The van der Waals surface area contributed by atoms with E-state index in [1.807, 2.05) is 0 Å². The van der Waals surface area contributed by atoms with Gasteiger partial charge in [0.25, 0.3) is 0 Å². The van der Waals surface area contributed by atoms with E-state index in [1.54, 1.807) is 24.3 Å². The molecule has 0 N–H and O–H groups in total. The van der Waals surface area contributed by atoms with Gasteiger partial charge < -0.3 is 14.2 Å². The molecule has 2 aromatic rings. The van der Waals surface area contributed by atoms with Gasteiger partial charge in [0.1, 0.15) is 33.2 Å². The lowest BCUT2D eigenvalue weighted by Crippen LogP contribution is -2.32. The Labute approximate surface area is 191 Å². The zero-order chi connectivity index (χ0) is 23.5. The first-order chi connectivity index (χ1) is 15.2. The van der Waals surface area contributed by atoms with E-state index in [0.717, 1.165) is 0 Å². The highest BCUT2D eigenvalue weighted by atomic mass is 35.5. The van der Waals surface area contributed by atoms with E-state index >= 15 is 0 Å². The molecule has 1 atom stereocenters. The van der Waals surface area contributed by atoms with Gasteiger partial charge in [0.2, 0.25) is 0 Å². The lowest BCUT2D eigenvalue weighted by atomic mass is 10.0. The molecule has 1 aliphatic rings. The lowest BCUT2D eigenvalue weighted by Gasteiger charge is -2.18. The number of hydrogen-bond donors (Lipinski definition) is 0. The summed E-state index contributed by atoms with van der Waals surface area (Å²) in [6.45, 7) is 0. The summed E-state index contributed by atoms with van der Waals surface area (Å²) < 4.78 is 42.7. The van der Waals surface area contributed by atoms with Crippen molar-refractivity contribution in [2.75, 3.05) is 21.3 Å². The molecule has 0 saturated heterocycles. The predicted octanol–water partition coefficient (Wildman–Crippen LogP) is 3.91. The number of sulfone groups is 1. The number of carbonyl (C=O) groups is 2. The summed E-state index contributed by atoms with van der Waals surface area (Å²) in [6.07, 6.45) is 1.30. The van der Waals surface area contributed by atoms with Crippen LogP contribution in [0.2, 0.25) is 5.02 Å². The molecule has 9 heteroatoms. The van der Waals surface area contributed by atoms with E-state index in [2.05, 4.69) is 0 Å². The average Bonchev–Trinajstić information content (AvgIpc) is 2.92. The Morgan fingerprint density at radius 1 is 0.938 bits per heavy atom. The highest BCUT2D eigenvalue weighted by Gasteiger charge is 2.40. The summed E-state index contributed by atoms with van der Waals surface area (Å²) >= 11 is 6.08. The van der Waals surface area contributed by atoms with E-state index in [9.17, 15) is 18.0 Å². The molecule has 0 heterocycles. The maximum atomic E-state index is 13.5. The predicted molar refractivity (Wildman–Crippen MR) is 120 cm³/mol. The second-order valence-electron chi connectivity index (χ2n) is 7.21. The van der Waals surface area contributed by atoms with Crippen LogP contribution in [-0.4, -0.2) is 46.6 Å². The van der Waals surface area contributed by atoms with Crippen LogP contribution in [0.5, 0.6) is 17.2 Å². The summed E-state index contributed by atoms with van der Waals surface area (Å²) in [6, 6.07) is 9.19. The minimum atomic E-state index is -4.27. The van der Waals surface area contributed by atoms with Crippen molar-refractivity contribution in [2.45, 2.75) is 29.4 Å². The van der Waals surface area contributed by atoms with Gasteiger partial charge in [-0.1, -0.05) is 11.6 Å². The molecule has 0 spiro atoms. The third-order valence-corrected chi connectivity index (χ3v) is 7.57. The van der Waals surface area contributed by atoms with Gasteiger partial charge in [0.05, 0.1) is 21.3 Å². The molecule has 0 aliphatic heterocycles. The maximum Gasteiger partial charge on any atom is 0.192 e. The molecule has 0 bridgehead atoms. The molecular weight excluding hydrogens is 456 g/mol. The molecular formula is C23H23ClO7S. The van der Waals surface area contributed by atoms with Crippen molar-refractivity contribution in [3.8, 4) is 17.2 Å². The van der Waals surface area contributed by atoms with Crippen LogP contribution >= 0.6 is 11.6 Å². The van der Waals surface area contributed by atoms with Crippen molar-refractivity contribution in [3.05, 3.63) is 52.6 Å². The van der Waals surface area contributed by atoms with Crippen LogP contribution in [0.25, 0.3) is 6.08 Å². The third kappa shape index (κ3) is 4.81. The van der Waals surface area contributed by atoms with Gasteiger partial charge in [-0.3, -0.25) is 9.59 Å². The Morgan fingerprint density at radius 3 is 2.28 bits per heavy atom. The van der Waals surface area contributed by atoms with Crippen LogP contribution in [0, 0.1) is 0 Å². The standard InChI is InChI=1S/C23H23ClO7S/c1-29-18-7-9-20(31-3)21(13-18)32(27,28)22-12-17(25)6-4-14(23(22)26)10-15-11-16(24)5-8-19(15)30-2/h5,7-11,13,22H,4,6,12H2,1-3H3/b14-10+. The minimum absolute atomic E-state index is 0.0573. The topological polar surface area (TPSA) is 96.0 Å². The molecule has 0 radical (unpaired) electrons. The summed E-state index contributed by atoms with van der Waals surface area (Å²) in [5.74, 6) is -0.120. The minimum Gasteiger partial charge on any atom is -0.497 e. The Morgan fingerprint density at radius 2 is 1.62 bits per heavy atom. The van der Waals surface area contributed by atoms with Crippen LogP contribution in [0.15, 0.2) is 46.9 Å². The monoisotopic (exact) mass is 478 g/mol. The Hall–Kier alpha value is -2.84. The van der Waals surface area contributed by atoms with E-state index in [4.69, 9.17) is 25.8 Å². The van der Waals surface area contributed by atoms with Crippen LogP contribution in [0.4, 0.5) is 0 Å². The van der Waals surface area contributed by atoms with Crippen molar-refractivity contribution in [2.24, 2.45) is 0 Å². The van der Waals surface area contributed by atoms with Crippen molar-refractivity contribution in [1.29, 1.82) is 0 Å². The van der Waals surface area contributed by atoms with E-state index in [0.29, 0.717) is 16.3 Å². The Bertz CT molecular complexity index is 1180. The first-order valence-electron chi connectivity index (χ1n) is 9.77. The Kier molecular flexibility index (Phi) is 7.26. The fourth-order valence-corrected chi connectivity index (χ4v) is 5.60. The Balaban J connectivity index is 2.12. The highest BCUT2D eigenvalue weighted by Crippen LogP contribution is 2.35. The number of hydrogen-bond acceptors (Lipinski definition) is 7. The molecule has 1 aliphatic carbocycles. The molecule has 1 saturated carbocycles. The number of ether oxygens (including phenoxy) is 3. The van der Waals surface area contributed by atoms with Crippen LogP contribution < -0.4 is 14.2 Å². The molecule has 2 aromatic carbocycles. The number of Topliss-reactive ketones (excluding diaryl/α,β-unsaturated/α-hetero) is 2. The van der Waals surface area contributed by atoms with Gasteiger partial charge >= 0.3 is 0 Å². The van der Waals surface area contributed by atoms with Crippen LogP contribution in [0.3, 0.4) is 0 Å². The van der Waals surface area contributed by atoms with Gasteiger partial charge in [0.15, 0.2) is 15.6 Å². The molecule has 7 nitrogen and oxygen atoms in total. The SMILES string of the molecule is COc1ccc(OC)c(S(=O)(=O)C2CC(=O)CC/C(=C\c3cc(Cl)ccc3OC)C2=O)c1. The second-order valence-corrected chi connectivity index (χ2v) is 9.75. The molecule has 170 valence electrons. The number of allylic oxidation sites excluding steroid dienone is 1. The smallest absolute Gasteiger partial charge is 0.192 e. The molecule has 0 aromatic heterocycles. The average molecular weight is 479 g/mol. The molecule has 1 fully saturated rings. The quantitative estimate of drug-likeness (QED) is 0.458. The van der Waals surface area contributed by atoms with E-state index in [-0.39, 0.29) is 40.6 Å². The van der Waals surface area contributed by atoms with Gasteiger partial charge in [-0.15, -0.1) is 0 Å². The molecule has 1 unspecified atom stereocenters. The van der Waals surface area contributed by atoms with Crippen molar-refractivity contribution in [1.82, 2.24) is 0 Å². The van der Waals surface area contributed by atoms with Gasteiger partial charge in [-0.2, -0.15) is 0 Å². The van der Waals surface area contributed by atoms with Crippen molar-refractivity contribution in [3.63, 3.8) is 0 Å². The number of ketones is 2. The zero-order valence-corrected chi connectivity index (χ0v) is 19.5. The highest BCUT2D eigenvalue weighted by molar-refractivity contribution is 7.93. The fraction of sp³-hybridized carbons (Fsp3) is 0.304. The van der Waals surface area contributed by atoms with Crippen molar-refractivity contribution >= 4 is 39.1 Å². The maximum absolute atomic E-state index is 13.5. The first-order valence-corrected chi connectivity index (χ1v) is 11.7. The lowest BCUT2D eigenvalue weighted by molar-refractivity contribution is -0.121. The first kappa shape index (κ1) is 23.8. The number of methoxy groups -OCH3 is 3. The number of rotatable bonds is 6. The van der Waals surface area contributed by atoms with Gasteiger partial charge in [-0.25, -0.2) is 8.42 Å². The normalized spacial score (nSPS) is 18.4. The summed E-state index contributed by atoms with van der Waals surface area (Å²) in [7, 11) is -0.0556. The van der Waals surface area contributed by atoms with Crippen LogP contribution in [-0.2, 0) is 19.4 Å². The summed E-state index contributed by atoms with van der Waals surface area (Å²) in [5.41, 5.74) is 0.736. The largest absolute Gasteiger partial charge is 0.497 e. The van der Waals surface area contributed by atoms with Crippen molar-refractivity contribution < 1.29 is 32.2 Å². The fourth-order valence-electron chi connectivity index (χ4n) is 3.56. The zero-order valence-electron chi connectivity index (χ0n) is 17.9. The van der Waals surface area contributed by atoms with E-state index < -0.39 is 27.3 Å². The second kappa shape index (κ2) is 9.75. The third-order valence-electron chi connectivity index (χ3n) is 5.27. The van der Waals surface area contributed by atoms with Crippen LogP contribution in [0.1, 0.15) is 24.8 Å². The number of halogens is 1. The summed E-state index contributed by atoms with van der Waals surface area (Å²) in [4.78, 5) is 25.6.